The van der Waals surface area contributed by atoms with Gasteiger partial charge in [0.1, 0.15) is 18.1 Å². The van der Waals surface area contributed by atoms with E-state index in [1.807, 2.05) is 36.6 Å². The molecule has 0 fully saturated rings. The third-order valence-corrected chi connectivity index (χ3v) is 4.98. The Morgan fingerprint density at radius 1 is 1.10 bits per heavy atom. The first-order valence-electron chi connectivity index (χ1n) is 9.26. The van der Waals surface area contributed by atoms with Crippen LogP contribution in [0, 0.1) is 6.92 Å². The number of aliphatic carboxylic acids is 1. The molecule has 3 aromatic rings. The smallest absolute Gasteiger partial charge is 0.344 e. The molecule has 2 aromatic carbocycles. The quantitative estimate of drug-likeness (QED) is 0.394. The molecule has 1 unspecified atom stereocenters. The number of thiazole rings is 1. The Hall–Kier alpha value is -3.45. The molecule has 0 amide bonds. The molecule has 0 aliphatic rings. The summed E-state index contributed by atoms with van der Waals surface area (Å²) in [5.41, 5.74) is 2.26. The molecular formula is C23H21NO5S. The highest BCUT2D eigenvalue weighted by molar-refractivity contribution is 7.09. The number of carboxylic acids is 1. The van der Waals surface area contributed by atoms with Crippen LogP contribution in [0.3, 0.4) is 0 Å². The Bertz CT molecular complexity index is 1040. The van der Waals surface area contributed by atoms with Gasteiger partial charge in [0.05, 0.1) is 10.7 Å². The van der Waals surface area contributed by atoms with Gasteiger partial charge in [-0.15, -0.1) is 11.3 Å². The molecule has 0 saturated carbocycles. The van der Waals surface area contributed by atoms with Crippen LogP contribution in [-0.4, -0.2) is 27.9 Å². The van der Waals surface area contributed by atoms with E-state index in [2.05, 4.69) is 4.98 Å². The van der Waals surface area contributed by atoms with Gasteiger partial charge in [-0.3, -0.25) is 4.79 Å². The molecule has 0 saturated heterocycles. The number of ether oxygens (including phenoxy) is 2. The third-order valence-electron chi connectivity index (χ3n) is 4.16. The van der Waals surface area contributed by atoms with Gasteiger partial charge in [0.15, 0.2) is 11.9 Å². The minimum atomic E-state index is -1.05. The van der Waals surface area contributed by atoms with Gasteiger partial charge in [-0.2, -0.15) is 0 Å². The number of carbonyl (C=O) groups excluding carboxylic acids is 1. The fraction of sp³-hybridized carbons (Fsp3) is 0.174. The average Bonchev–Trinajstić information content (AvgIpc) is 3.17. The average molecular weight is 423 g/mol. The summed E-state index contributed by atoms with van der Waals surface area (Å²) in [6.45, 7) is 3.82. The van der Waals surface area contributed by atoms with E-state index in [0.29, 0.717) is 17.9 Å². The largest absolute Gasteiger partial charge is 0.487 e. The number of benzene rings is 2. The summed E-state index contributed by atoms with van der Waals surface area (Å²) in [7, 11) is 0. The number of aryl methyl sites for hydroxylation is 1. The first-order chi connectivity index (χ1) is 14.4. The van der Waals surface area contributed by atoms with Crippen LogP contribution >= 0.6 is 11.3 Å². The molecule has 7 heteroatoms. The number of carbonyl (C=O) groups is 2. The van der Waals surface area contributed by atoms with Crippen molar-refractivity contribution in [3.8, 4) is 11.5 Å². The van der Waals surface area contributed by atoms with Crippen LogP contribution in [0.25, 0.3) is 6.08 Å². The van der Waals surface area contributed by atoms with Gasteiger partial charge in [-0.25, -0.2) is 9.78 Å². The Labute approximate surface area is 178 Å². The number of hydrogen-bond acceptors (Lipinski definition) is 6. The van der Waals surface area contributed by atoms with Crippen LogP contribution in [-0.2, 0) is 11.4 Å². The standard InChI is InChI=1S/C23H21NO5S/c1-15(23(26)27)29-21-10-6-18(7-11-21)22(25)12-5-17-3-8-20(9-4-17)28-13-19-14-30-16(2)24-19/h3-12,14-15H,13H2,1-2H3,(H,26,27). The lowest BCUT2D eigenvalue weighted by atomic mass is 10.1. The number of nitrogens with zero attached hydrogens (tertiary/aromatic N) is 1. The predicted octanol–water partition coefficient (Wildman–Crippen LogP) is 4.78. The van der Waals surface area contributed by atoms with Crippen LogP contribution in [0.4, 0.5) is 0 Å². The molecule has 154 valence electrons. The molecule has 30 heavy (non-hydrogen) atoms. The molecule has 1 atom stereocenters. The normalized spacial score (nSPS) is 11.9. The van der Waals surface area contributed by atoms with Crippen molar-refractivity contribution in [2.45, 2.75) is 26.6 Å². The first kappa shape index (κ1) is 21.3. The number of allylic oxidation sites excluding steroid dienone is 1. The zero-order chi connectivity index (χ0) is 21.5. The van der Waals surface area contributed by atoms with Crippen LogP contribution in [0.2, 0.25) is 0 Å². The monoisotopic (exact) mass is 423 g/mol. The second-order valence-electron chi connectivity index (χ2n) is 6.54. The van der Waals surface area contributed by atoms with Crippen LogP contribution in [0.15, 0.2) is 60.0 Å². The Balaban J connectivity index is 1.54. The number of carboxylic acid groups (broad SMARTS) is 1. The van der Waals surface area contributed by atoms with Crippen molar-refractivity contribution in [1.29, 1.82) is 0 Å². The first-order valence-corrected chi connectivity index (χ1v) is 10.1. The number of hydrogen-bond donors (Lipinski definition) is 1. The maximum absolute atomic E-state index is 12.3. The molecule has 0 radical (unpaired) electrons. The van der Waals surface area contributed by atoms with Gasteiger partial charge in [0.2, 0.25) is 0 Å². The summed E-state index contributed by atoms with van der Waals surface area (Å²) in [5, 5.41) is 11.9. The van der Waals surface area contributed by atoms with E-state index >= 15 is 0 Å². The molecule has 0 spiro atoms. The van der Waals surface area contributed by atoms with E-state index in [1.165, 1.54) is 13.0 Å². The highest BCUT2D eigenvalue weighted by atomic mass is 32.1. The van der Waals surface area contributed by atoms with Crippen molar-refractivity contribution < 1.29 is 24.2 Å². The summed E-state index contributed by atoms with van der Waals surface area (Å²) >= 11 is 1.59. The summed E-state index contributed by atoms with van der Waals surface area (Å²) in [5.74, 6) is -0.0797. The van der Waals surface area contributed by atoms with Gasteiger partial charge in [0, 0.05) is 10.9 Å². The molecule has 6 nitrogen and oxygen atoms in total. The Morgan fingerprint density at radius 2 is 1.77 bits per heavy atom. The number of rotatable bonds is 9. The lowest BCUT2D eigenvalue weighted by molar-refractivity contribution is -0.144. The summed E-state index contributed by atoms with van der Waals surface area (Å²) in [4.78, 5) is 27.5. The SMILES string of the molecule is Cc1nc(COc2ccc(C=CC(=O)c3ccc(OC(C)C(=O)O)cc3)cc2)cs1. The van der Waals surface area contributed by atoms with Crippen molar-refractivity contribution in [1.82, 2.24) is 4.98 Å². The molecule has 0 bridgehead atoms. The second-order valence-corrected chi connectivity index (χ2v) is 7.60. The maximum Gasteiger partial charge on any atom is 0.344 e. The van der Waals surface area contributed by atoms with Gasteiger partial charge in [-0.1, -0.05) is 18.2 Å². The van der Waals surface area contributed by atoms with Gasteiger partial charge in [0.25, 0.3) is 0 Å². The van der Waals surface area contributed by atoms with Crippen molar-refractivity contribution in [2.75, 3.05) is 0 Å². The minimum Gasteiger partial charge on any atom is -0.487 e. The van der Waals surface area contributed by atoms with Crippen molar-refractivity contribution in [3.63, 3.8) is 0 Å². The second kappa shape index (κ2) is 9.84. The van der Waals surface area contributed by atoms with E-state index in [-0.39, 0.29) is 5.78 Å². The van der Waals surface area contributed by atoms with Crippen LogP contribution in [0.5, 0.6) is 11.5 Å². The molecule has 1 N–H and O–H groups in total. The number of ketones is 1. The molecule has 0 aliphatic heterocycles. The van der Waals surface area contributed by atoms with Crippen LogP contribution < -0.4 is 9.47 Å². The zero-order valence-corrected chi connectivity index (χ0v) is 17.4. The molecule has 1 heterocycles. The lowest BCUT2D eigenvalue weighted by Gasteiger charge is -2.10. The van der Waals surface area contributed by atoms with E-state index in [4.69, 9.17) is 14.6 Å². The molecular weight excluding hydrogens is 402 g/mol. The Morgan fingerprint density at radius 3 is 2.37 bits per heavy atom. The topological polar surface area (TPSA) is 85.7 Å². The van der Waals surface area contributed by atoms with E-state index in [1.54, 1.807) is 41.7 Å². The van der Waals surface area contributed by atoms with E-state index in [9.17, 15) is 9.59 Å². The summed E-state index contributed by atoms with van der Waals surface area (Å²) in [6.07, 6.45) is 2.26. The van der Waals surface area contributed by atoms with Crippen molar-refractivity contribution >= 4 is 29.2 Å². The predicted molar refractivity (Wildman–Crippen MR) is 115 cm³/mol. The van der Waals surface area contributed by atoms with Gasteiger partial charge < -0.3 is 14.6 Å². The third kappa shape index (κ3) is 6.02. The fourth-order valence-corrected chi connectivity index (χ4v) is 3.12. The molecule has 0 aliphatic carbocycles. The van der Waals surface area contributed by atoms with E-state index in [0.717, 1.165) is 22.0 Å². The van der Waals surface area contributed by atoms with E-state index < -0.39 is 12.1 Å². The summed E-state index contributed by atoms with van der Waals surface area (Å²) in [6, 6.07) is 13.8. The highest BCUT2D eigenvalue weighted by Gasteiger charge is 2.12. The van der Waals surface area contributed by atoms with Crippen molar-refractivity contribution in [2.24, 2.45) is 0 Å². The fourth-order valence-electron chi connectivity index (χ4n) is 2.53. The molecule has 1 aromatic heterocycles. The molecule has 3 rings (SSSR count). The maximum atomic E-state index is 12.3. The summed E-state index contributed by atoms with van der Waals surface area (Å²) < 4.78 is 11.0. The zero-order valence-electron chi connectivity index (χ0n) is 16.6. The lowest BCUT2D eigenvalue weighted by Crippen LogP contribution is -2.22. The Kier molecular flexibility index (Phi) is 6.98. The van der Waals surface area contributed by atoms with Gasteiger partial charge in [-0.05, 0) is 61.9 Å². The minimum absolute atomic E-state index is 0.160. The number of aromatic nitrogens is 1. The highest BCUT2D eigenvalue weighted by Crippen LogP contribution is 2.18. The van der Waals surface area contributed by atoms with Crippen LogP contribution in [0.1, 0.15) is 33.5 Å². The van der Waals surface area contributed by atoms with Crippen molar-refractivity contribution in [3.05, 3.63) is 81.8 Å². The van der Waals surface area contributed by atoms with Gasteiger partial charge >= 0.3 is 5.97 Å².